The third-order valence-corrected chi connectivity index (χ3v) is 3.02. The van der Waals surface area contributed by atoms with Crippen LogP contribution in [-0.4, -0.2) is 40.3 Å². The molecule has 1 aliphatic carbocycles. The van der Waals surface area contributed by atoms with Gasteiger partial charge in [0.1, 0.15) is 0 Å². The molecule has 2 N–H and O–H groups in total. The first-order valence-electron chi connectivity index (χ1n) is 5.14. The number of aliphatic hydroxyl groups is 1. The molecule has 86 valence electrons. The first-order valence-corrected chi connectivity index (χ1v) is 5.14. The Hall–Kier alpha value is -0.650. The molecule has 2 aliphatic rings. The maximum atomic E-state index is 10.6. The zero-order chi connectivity index (χ0) is 11.2. The molecule has 0 amide bonds. The molecule has 0 aromatic rings. The Morgan fingerprint density at radius 1 is 1.47 bits per heavy atom. The molecule has 2 fully saturated rings. The van der Waals surface area contributed by atoms with E-state index in [2.05, 4.69) is 0 Å². The third kappa shape index (κ3) is 2.00. The zero-order valence-electron chi connectivity index (χ0n) is 8.84. The third-order valence-electron chi connectivity index (χ3n) is 3.02. The number of fused-ring (bicyclic) bond motifs is 1. The van der Waals surface area contributed by atoms with Crippen molar-refractivity contribution in [2.75, 3.05) is 0 Å². The quantitative estimate of drug-likeness (QED) is 0.697. The number of carbonyl (C=O) groups is 1. The Labute approximate surface area is 88.0 Å². The van der Waals surface area contributed by atoms with E-state index in [1.807, 2.05) is 0 Å². The normalized spacial score (nSPS) is 42.9. The fourth-order valence-corrected chi connectivity index (χ4v) is 2.49. The maximum absolute atomic E-state index is 10.6. The summed E-state index contributed by atoms with van der Waals surface area (Å²) in [7, 11) is 0. The second-order valence-corrected chi connectivity index (χ2v) is 4.70. The molecule has 15 heavy (non-hydrogen) atoms. The SMILES string of the molecule is CC1(C)O[C@H]2[C@@H](CC(=O)O)[C@H](O)C[C@H]2O1. The van der Waals surface area contributed by atoms with E-state index in [0.29, 0.717) is 6.42 Å². The summed E-state index contributed by atoms with van der Waals surface area (Å²) in [6.45, 7) is 3.60. The monoisotopic (exact) mass is 216 g/mol. The van der Waals surface area contributed by atoms with Crippen molar-refractivity contribution in [3.05, 3.63) is 0 Å². The van der Waals surface area contributed by atoms with Crippen LogP contribution in [0, 0.1) is 5.92 Å². The smallest absolute Gasteiger partial charge is 0.303 e. The predicted molar refractivity (Wildman–Crippen MR) is 50.2 cm³/mol. The van der Waals surface area contributed by atoms with Crippen molar-refractivity contribution in [1.82, 2.24) is 0 Å². The van der Waals surface area contributed by atoms with Crippen LogP contribution in [0.15, 0.2) is 0 Å². The summed E-state index contributed by atoms with van der Waals surface area (Å²) in [6, 6.07) is 0. The molecule has 0 unspecified atom stereocenters. The number of rotatable bonds is 2. The van der Waals surface area contributed by atoms with Crippen LogP contribution in [0.5, 0.6) is 0 Å². The molecule has 4 atom stereocenters. The molecule has 0 spiro atoms. The number of carboxylic acid groups (broad SMARTS) is 1. The van der Waals surface area contributed by atoms with Gasteiger partial charge in [0.2, 0.25) is 0 Å². The van der Waals surface area contributed by atoms with Crippen molar-refractivity contribution in [2.24, 2.45) is 5.92 Å². The van der Waals surface area contributed by atoms with Crippen molar-refractivity contribution >= 4 is 5.97 Å². The molecule has 1 saturated carbocycles. The standard InChI is InChI=1S/C10H16O5/c1-10(2)14-7-4-6(11)5(3-8(12)13)9(7)15-10/h5-7,9,11H,3-4H2,1-2H3,(H,12,13)/t5-,6+,7+,9-/m0/s1. The lowest BCUT2D eigenvalue weighted by molar-refractivity contribution is -0.167. The fourth-order valence-electron chi connectivity index (χ4n) is 2.49. The van der Waals surface area contributed by atoms with Crippen LogP contribution >= 0.6 is 0 Å². The number of carboxylic acids is 1. The summed E-state index contributed by atoms with van der Waals surface area (Å²) in [5.41, 5.74) is 0. The average Bonchev–Trinajstić information content (AvgIpc) is 2.47. The topological polar surface area (TPSA) is 76.0 Å². The summed E-state index contributed by atoms with van der Waals surface area (Å²) in [5, 5.41) is 18.4. The minimum absolute atomic E-state index is 0.0677. The highest BCUT2D eigenvalue weighted by Gasteiger charge is 2.53. The van der Waals surface area contributed by atoms with Gasteiger partial charge >= 0.3 is 5.97 Å². The highest BCUT2D eigenvalue weighted by Crippen LogP contribution is 2.42. The molecule has 0 bridgehead atoms. The zero-order valence-corrected chi connectivity index (χ0v) is 8.84. The molecule has 1 saturated heterocycles. The number of aliphatic carboxylic acids is 1. The summed E-state index contributed by atoms with van der Waals surface area (Å²) < 4.78 is 11.2. The van der Waals surface area contributed by atoms with Gasteiger partial charge in [-0.2, -0.15) is 0 Å². The molecule has 1 aliphatic heterocycles. The van der Waals surface area contributed by atoms with Crippen LogP contribution < -0.4 is 0 Å². The number of aliphatic hydroxyl groups excluding tert-OH is 1. The van der Waals surface area contributed by atoms with Crippen LogP contribution in [0.3, 0.4) is 0 Å². The molecule has 0 aromatic carbocycles. The Morgan fingerprint density at radius 2 is 2.13 bits per heavy atom. The minimum Gasteiger partial charge on any atom is -0.481 e. The lowest BCUT2D eigenvalue weighted by Crippen LogP contribution is -2.31. The molecule has 5 heteroatoms. The van der Waals surface area contributed by atoms with Crippen LogP contribution in [0.2, 0.25) is 0 Å². The lowest BCUT2D eigenvalue weighted by Gasteiger charge is -2.23. The molecular weight excluding hydrogens is 200 g/mol. The second kappa shape index (κ2) is 3.43. The Kier molecular flexibility index (Phi) is 2.48. The Bertz CT molecular complexity index is 275. The molecule has 0 radical (unpaired) electrons. The van der Waals surface area contributed by atoms with Gasteiger partial charge in [-0.3, -0.25) is 4.79 Å². The van der Waals surface area contributed by atoms with Gasteiger partial charge < -0.3 is 19.7 Å². The predicted octanol–water partition coefficient (Wildman–Crippen LogP) is 0.362. The van der Waals surface area contributed by atoms with Crippen molar-refractivity contribution in [3.8, 4) is 0 Å². The maximum Gasteiger partial charge on any atom is 0.303 e. The van der Waals surface area contributed by atoms with E-state index in [1.54, 1.807) is 13.8 Å². The number of hydrogen-bond donors (Lipinski definition) is 2. The van der Waals surface area contributed by atoms with Crippen LogP contribution in [0.25, 0.3) is 0 Å². The van der Waals surface area contributed by atoms with Gasteiger partial charge in [-0.15, -0.1) is 0 Å². The fraction of sp³-hybridized carbons (Fsp3) is 0.900. The van der Waals surface area contributed by atoms with E-state index in [-0.39, 0.29) is 24.5 Å². The van der Waals surface area contributed by atoms with Gasteiger partial charge in [-0.1, -0.05) is 0 Å². The summed E-state index contributed by atoms with van der Waals surface area (Å²) >= 11 is 0. The van der Waals surface area contributed by atoms with E-state index in [0.717, 1.165) is 0 Å². The minimum atomic E-state index is -0.909. The van der Waals surface area contributed by atoms with E-state index >= 15 is 0 Å². The molecular formula is C10H16O5. The van der Waals surface area contributed by atoms with Crippen molar-refractivity contribution in [3.63, 3.8) is 0 Å². The molecule has 0 aromatic heterocycles. The van der Waals surface area contributed by atoms with E-state index in [4.69, 9.17) is 14.6 Å². The van der Waals surface area contributed by atoms with Gasteiger partial charge in [0.25, 0.3) is 0 Å². The first kappa shape index (κ1) is 10.9. The number of hydrogen-bond acceptors (Lipinski definition) is 4. The van der Waals surface area contributed by atoms with Crippen molar-refractivity contribution in [1.29, 1.82) is 0 Å². The summed E-state index contributed by atoms with van der Waals surface area (Å²) in [4.78, 5) is 10.6. The van der Waals surface area contributed by atoms with E-state index < -0.39 is 17.9 Å². The van der Waals surface area contributed by atoms with Crippen LogP contribution in [-0.2, 0) is 14.3 Å². The molecule has 1 heterocycles. The summed E-state index contributed by atoms with van der Waals surface area (Å²) in [5.74, 6) is -1.92. The molecule has 5 nitrogen and oxygen atoms in total. The van der Waals surface area contributed by atoms with Crippen molar-refractivity contribution in [2.45, 2.75) is 50.8 Å². The van der Waals surface area contributed by atoms with Gasteiger partial charge in [0.15, 0.2) is 5.79 Å². The highest BCUT2D eigenvalue weighted by molar-refractivity contribution is 5.67. The molecule has 2 rings (SSSR count). The first-order chi connectivity index (χ1) is 6.89. The summed E-state index contributed by atoms with van der Waals surface area (Å²) in [6.07, 6.45) is -0.689. The van der Waals surface area contributed by atoms with E-state index in [9.17, 15) is 9.90 Å². The van der Waals surface area contributed by atoms with Gasteiger partial charge in [-0.25, -0.2) is 0 Å². The van der Waals surface area contributed by atoms with E-state index in [1.165, 1.54) is 0 Å². The second-order valence-electron chi connectivity index (χ2n) is 4.70. The van der Waals surface area contributed by atoms with Gasteiger partial charge in [0, 0.05) is 12.3 Å². The average molecular weight is 216 g/mol. The largest absolute Gasteiger partial charge is 0.481 e. The lowest BCUT2D eigenvalue weighted by atomic mass is 9.99. The van der Waals surface area contributed by atoms with Crippen LogP contribution in [0.4, 0.5) is 0 Å². The van der Waals surface area contributed by atoms with Gasteiger partial charge in [0.05, 0.1) is 24.7 Å². The van der Waals surface area contributed by atoms with Gasteiger partial charge in [-0.05, 0) is 13.8 Å². The highest BCUT2D eigenvalue weighted by atomic mass is 16.8. The van der Waals surface area contributed by atoms with Crippen molar-refractivity contribution < 1.29 is 24.5 Å². The Balaban J connectivity index is 2.08. The van der Waals surface area contributed by atoms with Crippen LogP contribution in [0.1, 0.15) is 26.7 Å². The number of ether oxygens (including phenoxy) is 2. The Morgan fingerprint density at radius 3 is 2.73 bits per heavy atom.